The van der Waals surface area contributed by atoms with Crippen molar-refractivity contribution in [2.75, 3.05) is 11.9 Å². The lowest BCUT2D eigenvalue weighted by Crippen LogP contribution is -2.27. The molecule has 0 aromatic heterocycles. The molecule has 0 amide bonds. The standard InChI is InChI=1S/C16H24N2/c1-2-4-6-15(5-3-1)18-12-13-7-8-16-14(11-13)9-10-17-16/h7-8,11,15,17-18H,1-6,9-10,12H2. The molecule has 98 valence electrons. The average molecular weight is 244 g/mol. The van der Waals surface area contributed by atoms with Crippen LogP contribution in [-0.2, 0) is 13.0 Å². The molecule has 1 aliphatic carbocycles. The first-order chi connectivity index (χ1) is 8.92. The Bertz CT molecular complexity index is 392. The van der Waals surface area contributed by atoms with Crippen LogP contribution in [0.15, 0.2) is 18.2 Å². The van der Waals surface area contributed by atoms with E-state index in [4.69, 9.17) is 0 Å². The van der Waals surface area contributed by atoms with Gasteiger partial charge in [-0.15, -0.1) is 0 Å². The van der Waals surface area contributed by atoms with E-state index in [-0.39, 0.29) is 0 Å². The molecule has 0 bridgehead atoms. The maximum absolute atomic E-state index is 3.75. The predicted octanol–water partition coefficient (Wildman–Crippen LogP) is 3.47. The molecule has 0 radical (unpaired) electrons. The van der Waals surface area contributed by atoms with E-state index in [0.717, 1.165) is 19.1 Å². The Kier molecular flexibility index (Phi) is 3.84. The summed E-state index contributed by atoms with van der Waals surface area (Å²) in [6, 6.07) is 7.63. The van der Waals surface area contributed by atoms with Gasteiger partial charge in [0.2, 0.25) is 0 Å². The Morgan fingerprint density at radius 1 is 1.11 bits per heavy atom. The van der Waals surface area contributed by atoms with Crippen molar-refractivity contribution in [3.63, 3.8) is 0 Å². The van der Waals surface area contributed by atoms with Gasteiger partial charge in [-0.1, -0.05) is 37.8 Å². The van der Waals surface area contributed by atoms with Crippen molar-refractivity contribution >= 4 is 5.69 Å². The highest BCUT2D eigenvalue weighted by Crippen LogP contribution is 2.23. The highest BCUT2D eigenvalue weighted by molar-refractivity contribution is 5.56. The molecule has 2 N–H and O–H groups in total. The molecule has 2 heteroatoms. The van der Waals surface area contributed by atoms with E-state index in [1.165, 1.54) is 61.8 Å². The van der Waals surface area contributed by atoms with Crippen molar-refractivity contribution in [2.24, 2.45) is 0 Å². The summed E-state index contributed by atoms with van der Waals surface area (Å²) in [5.41, 5.74) is 4.28. The monoisotopic (exact) mass is 244 g/mol. The summed E-state index contributed by atoms with van der Waals surface area (Å²) in [5.74, 6) is 0. The fourth-order valence-corrected chi connectivity index (χ4v) is 3.21. The van der Waals surface area contributed by atoms with Crippen LogP contribution in [0.4, 0.5) is 5.69 Å². The van der Waals surface area contributed by atoms with Gasteiger partial charge in [0.15, 0.2) is 0 Å². The highest BCUT2D eigenvalue weighted by atomic mass is 14.9. The molecule has 2 aliphatic rings. The third-order valence-corrected chi connectivity index (χ3v) is 4.33. The lowest BCUT2D eigenvalue weighted by Gasteiger charge is -2.16. The molecule has 0 atom stereocenters. The zero-order valence-corrected chi connectivity index (χ0v) is 11.2. The van der Waals surface area contributed by atoms with Crippen molar-refractivity contribution in [1.82, 2.24) is 5.32 Å². The van der Waals surface area contributed by atoms with Crippen LogP contribution in [0.25, 0.3) is 0 Å². The van der Waals surface area contributed by atoms with E-state index in [1.807, 2.05) is 0 Å². The normalized spacial score (nSPS) is 20.2. The van der Waals surface area contributed by atoms with Crippen LogP contribution < -0.4 is 10.6 Å². The second kappa shape index (κ2) is 5.75. The summed E-state index contributed by atoms with van der Waals surface area (Å²) < 4.78 is 0. The predicted molar refractivity (Wildman–Crippen MR) is 77.0 cm³/mol. The van der Waals surface area contributed by atoms with Gasteiger partial charge in [0, 0.05) is 24.8 Å². The zero-order chi connectivity index (χ0) is 12.2. The van der Waals surface area contributed by atoms with Crippen molar-refractivity contribution in [3.8, 4) is 0 Å². The molecular weight excluding hydrogens is 220 g/mol. The van der Waals surface area contributed by atoms with Crippen LogP contribution >= 0.6 is 0 Å². The number of anilines is 1. The van der Waals surface area contributed by atoms with Gasteiger partial charge in [-0.25, -0.2) is 0 Å². The molecule has 18 heavy (non-hydrogen) atoms. The van der Waals surface area contributed by atoms with Gasteiger partial charge in [0.05, 0.1) is 0 Å². The molecule has 1 saturated carbocycles. The van der Waals surface area contributed by atoms with Gasteiger partial charge in [-0.2, -0.15) is 0 Å². The molecule has 0 unspecified atom stereocenters. The van der Waals surface area contributed by atoms with Crippen LogP contribution in [0.3, 0.4) is 0 Å². The molecule has 3 rings (SSSR count). The summed E-state index contributed by atoms with van der Waals surface area (Å²) in [5, 5.41) is 7.17. The van der Waals surface area contributed by atoms with E-state index in [0.29, 0.717) is 0 Å². The molecule has 0 saturated heterocycles. The summed E-state index contributed by atoms with van der Waals surface area (Å²) in [7, 11) is 0. The van der Waals surface area contributed by atoms with Crippen LogP contribution in [0.2, 0.25) is 0 Å². The van der Waals surface area contributed by atoms with Crippen molar-refractivity contribution in [1.29, 1.82) is 0 Å². The first-order valence-corrected chi connectivity index (χ1v) is 7.51. The van der Waals surface area contributed by atoms with E-state index >= 15 is 0 Å². The zero-order valence-electron chi connectivity index (χ0n) is 11.2. The summed E-state index contributed by atoms with van der Waals surface area (Å²) >= 11 is 0. The Hall–Kier alpha value is -1.02. The summed E-state index contributed by atoms with van der Waals surface area (Å²) in [6.07, 6.45) is 9.61. The van der Waals surface area contributed by atoms with E-state index in [1.54, 1.807) is 0 Å². The molecule has 1 aliphatic heterocycles. The third-order valence-electron chi connectivity index (χ3n) is 4.33. The van der Waals surface area contributed by atoms with Crippen molar-refractivity contribution < 1.29 is 0 Å². The minimum Gasteiger partial charge on any atom is -0.384 e. The lowest BCUT2D eigenvalue weighted by atomic mass is 10.1. The van der Waals surface area contributed by atoms with Crippen LogP contribution in [-0.4, -0.2) is 12.6 Å². The summed E-state index contributed by atoms with van der Waals surface area (Å²) in [6.45, 7) is 2.15. The van der Waals surface area contributed by atoms with Crippen LogP contribution in [0.1, 0.15) is 49.7 Å². The number of benzene rings is 1. The topological polar surface area (TPSA) is 24.1 Å². The SMILES string of the molecule is c1cc2c(cc1CNC1CCCCCC1)CCN2. The quantitative estimate of drug-likeness (QED) is 0.796. The minimum atomic E-state index is 0.749. The average Bonchev–Trinajstić information content (AvgIpc) is 2.70. The number of fused-ring (bicyclic) bond motifs is 1. The molecule has 1 aromatic carbocycles. The van der Waals surface area contributed by atoms with Gasteiger partial charge < -0.3 is 10.6 Å². The lowest BCUT2D eigenvalue weighted by molar-refractivity contribution is 0.459. The van der Waals surface area contributed by atoms with Crippen LogP contribution in [0.5, 0.6) is 0 Å². The van der Waals surface area contributed by atoms with E-state index in [2.05, 4.69) is 28.8 Å². The Morgan fingerprint density at radius 2 is 1.94 bits per heavy atom. The van der Waals surface area contributed by atoms with E-state index < -0.39 is 0 Å². The van der Waals surface area contributed by atoms with Gasteiger partial charge in [-0.05, 0) is 36.5 Å². The summed E-state index contributed by atoms with van der Waals surface area (Å²) in [4.78, 5) is 0. The Balaban J connectivity index is 1.56. The van der Waals surface area contributed by atoms with Gasteiger partial charge in [0.25, 0.3) is 0 Å². The maximum Gasteiger partial charge on any atom is 0.0373 e. The number of hydrogen-bond acceptors (Lipinski definition) is 2. The number of hydrogen-bond donors (Lipinski definition) is 2. The molecule has 1 fully saturated rings. The molecule has 1 aromatic rings. The number of rotatable bonds is 3. The van der Waals surface area contributed by atoms with Gasteiger partial charge >= 0.3 is 0 Å². The van der Waals surface area contributed by atoms with Crippen molar-refractivity contribution in [3.05, 3.63) is 29.3 Å². The van der Waals surface area contributed by atoms with E-state index in [9.17, 15) is 0 Å². The third kappa shape index (κ3) is 2.86. The fourth-order valence-electron chi connectivity index (χ4n) is 3.21. The van der Waals surface area contributed by atoms with Crippen LogP contribution in [0, 0.1) is 0 Å². The molecule has 2 nitrogen and oxygen atoms in total. The smallest absolute Gasteiger partial charge is 0.0373 e. The maximum atomic E-state index is 3.75. The molecular formula is C16H24N2. The second-order valence-corrected chi connectivity index (χ2v) is 5.74. The molecule has 1 heterocycles. The fraction of sp³-hybridized carbons (Fsp3) is 0.625. The highest BCUT2D eigenvalue weighted by Gasteiger charge is 2.13. The minimum absolute atomic E-state index is 0.749. The molecule has 0 spiro atoms. The van der Waals surface area contributed by atoms with Gasteiger partial charge in [-0.3, -0.25) is 0 Å². The Morgan fingerprint density at radius 3 is 2.78 bits per heavy atom. The van der Waals surface area contributed by atoms with Gasteiger partial charge in [0.1, 0.15) is 0 Å². The largest absolute Gasteiger partial charge is 0.384 e. The second-order valence-electron chi connectivity index (χ2n) is 5.74. The Labute approximate surface area is 110 Å². The first-order valence-electron chi connectivity index (χ1n) is 7.51. The first kappa shape index (κ1) is 12.0. The number of nitrogens with one attached hydrogen (secondary N) is 2. The van der Waals surface area contributed by atoms with Crippen molar-refractivity contribution in [2.45, 2.75) is 57.5 Å².